The SMILES string of the molecule is Brc1cc(N2CCNCC2)cnc1Br.O=C(O)/C=C/C(=O)O. The van der Waals surface area contributed by atoms with Crippen LogP contribution >= 0.6 is 31.9 Å². The highest BCUT2D eigenvalue weighted by Crippen LogP contribution is 2.25. The first-order valence-electron chi connectivity index (χ1n) is 6.31. The van der Waals surface area contributed by atoms with Crippen molar-refractivity contribution in [1.29, 1.82) is 0 Å². The van der Waals surface area contributed by atoms with Crippen LogP contribution in [0.15, 0.2) is 33.5 Å². The summed E-state index contributed by atoms with van der Waals surface area (Å²) < 4.78 is 1.87. The highest BCUT2D eigenvalue weighted by atomic mass is 79.9. The van der Waals surface area contributed by atoms with Crippen molar-refractivity contribution < 1.29 is 19.8 Å². The van der Waals surface area contributed by atoms with Crippen LogP contribution in [0.25, 0.3) is 0 Å². The second-order valence-electron chi connectivity index (χ2n) is 4.21. The number of carbonyl (C=O) groups is 2. The van der Waals surface area contributed by atoms with Crippen LogP contribution in [0.2, 0.25) is 0 Å². The fourth-order valence-electron chi connectivity index (χ4n) is 1.65. The van der Waals surface area contributed by atoms with Crippen LogP contribution < -0.4 is 10.2 Å². The normalized spacial score (nSPS) is 14.4. The number of rotatable bonds is 3. The van der Waals surface area contributed by atoms with E-state index in [1.807, 2.05) is 6.20 Å². The Kier molecular flexibility index (Phi) is 8.07. The van der Waals surface area contributed by atoms with Gasteiger partial charge in [0, 0.05) is 38.3 Å². The quantitative estimate of drug-likeness (QED) is 0.489. The van der Waals surface area contributed by atoms with Crippen LogP contribution in [-0.2, 0) is 9.59 Å². The van der Waals surface area contributed by atoms with E-state index in [0.29, 0.717) is 12.2 Å². The Balaban J connectivity index is 0.000000261. The van der Waals surface area contributed by atoms with Gasteiger partial charge in [0.1, 0.15) is 4.60 Å². The van der Waals surface area contributed by atoms with Gasteiger partial charge >= 0.3 is 11.9 Å². The molecule has 9 heteroatoms. The van der Waals surface area contributed by atoms with E-state index < -0.39 is 11.9 Å². The molecule has 0 aromatic carbocycles. The molecule has 0 amide bonds. The van der Waals surface area contributed by atoms with Crippen molar-refractivity contribution in [1.82, 2.24) is 10.3 Å². The maximum Gasteiger partial charge on any atom is 0.328 e. The number of piperazine rings is 1. The number of pyridine rings is 1. The molecule has 0 unspecified atom stereocenters. The molecule has 120 valence electrons. The highest BCUT2D eigenvalue weighted by Gasteiger charge is 2.11. The molecule has 1 aromatic heterocycles. The number of carboxylic acid groups (broad SMARTS) is 2. The zero-order chi connectivity index (χ0) is 16.5. The molecule has 0 saturated carbocycles. The lowest BCUT2D eigenvalue weighted by Crippen LogP contribution is -2.43. The zero-order valence-corrected chi connectivity index (χ0v) is 14.7. The summed E-state index contributed by atoms with van der Waals surface area (Å²) in [6.45, 7) is 4.20. The number of hydrogen-bond donors (Lipinski definition) is 3. The molecule has 0 aliphatic carbocycles. The Hall–Kier alpha value is -1.45. The van der Waals surface area contributed by atoms with Crippen molar-refractivity contribution in [3.05, 3.63) is 33.5 Å². The summed E-state index contributed by atoms with van der Waals surface area (Å²) in [5.41, 5.74) is 1.18. The van der Waals surface area contributed by atoms with Crippen LogP contribution in [0, 0.1) is 0 Å². The first kappa shape index (κ1) is 18.6. The smallest absolute Gasteiger partial charge is 0.328 e. The van der Waals surface area contributed by atoms with E-state index in [9.17, 15) is 9.59 Å². The minimum Gasteiger partial charge on any atom is -0.478 e. The Morgan fingerprint density at radius 3 is 2.18 bits per heavy atom. The predicted molar refractivity (Wildman–Crippen MR) is 89.1 cm³/mol. The molecule has 0 radical (unpaired) electrons. The Bertz CT molecular complexity index is 544. The number of nitrogens with one attached hydrogen (secondary N) is 1. The van der Waals surface area contributed by atoms with Gasteiger partial charge in [0.2, 0.25) is 0 Å². The summed E-state index contributed by atoms with van der Waals surface area (Å²) in [7, 11) is 0. The first-order chi connectivity index (χ1) is 10.4. The van der Waals surface area contributed by atoms with Gasteiger partial charge in [-0.15, -0.1) is 0 Å². The molecule has 1 aromatic rings. The molecule has 0 bridgehead atoms. The maximum atomic E-state index is 9.55. The van der Waals surface area contributed by atoms with Crippen molar-refractivity contribution in [2.24, 2.45) is 0 Å². The van der Waals surface area contributed by atoms with Gasteiger partial charge in [0.15, 0.2) is 0 Å². The molecular formula is C13H15Br2N3O4. The number of aliphatic carboxylic acids is 2. The van der Waals surface area contributed by atoms with Crippen LogP contribution in [0.5, 0.6) is 0 Å². The van der Waals surface area contributed by atoms with Crippen LogP contribution in [0.3, 0.4) is 0 Å². The van der Waals surface area contributed by atoms with Gasteiger partial charge in [-0.1, -0.05) is 0 Å². The molecule has 7 nitrogen and oxygen atoms in total. The van der Waals surface area contributed by atoms with E-state index in [-0.39, 0.29) is 0 Å². The second-order valence-corrected chi connectivity index (χ2v) is 5.82. The summed E-state index contributed by atoms with van der Waals surface area (Å²) in [5, 5.41) is 19.0. The van der Waals surface area contributed by atoms with E-state index in [1.165, 1.54) is 5.69 Å². The average molecular weight is 437 g/mol. The molecule has 2 rings (SSSR count). The van der Waals surface area contributed by atoms with E-state index in [2.05, 4.69) is 53.1 Å². The van der Waals surface area contributed by atoms with E-state index in [0.717, 1.165) is 35.3 Å². The summed E-state index contributed by atoms with van der Waals surface area (Å²) in [4.78, 5) is 25.7. The lowest BCUT2D eigenvalue weighted by atomic mass is 10.3. The number of nitrogens with zero attached hydrogens (tertiary/aromatic N) is 2. The molecule has 1 fully saturated rings. The molecule has 1 aliphatic heterocycles. The van der Waals surface area contributed by atoms with Crippen molar-refractivity contribution in [3.63, 3.8) is 0 Å². The second kappa shape index (κ2) is 9.54. The zero-order valence-electron chi connectivity index (χ0n) is 11.5. The molecule has 2 heterocycles. The molecule has 0 spiro atoms. The molecule has 1 saturated heterocycles. The van der Waals surface area contributed by atoms with Gasteiger partial charge in [-0.2, -0.15) is 0 Å². The third-order valence-corrected chi connectivity index (χ3v) is 4.40. The average Bonchev–Trinajstić information content (AvgIpc) is 2.49. The first-order valence-corrected chi connectivity index (χ1v) is 7.89. The fraction of sp³-hybridized carbons (Fsp3) is 0.308. The summed E-state index contributed by atoms with van der Waals surface area (Å²) in [6, 6.07) is 2.10. The summed E-state index contributed by atoms with van der Waals surface area (Å²) >= 11 is 6.83. The number of hydrogen-bond acceptors (Lipinski definition) is 5. The van der Waals surface area contributed by atoms with Gasteiger partial charge in [0.25, 0.3) is 0 Å². The molecular weight excluding hydrogens is 422 g/mol. The van der Waals surface area contributed by atoms with Gasteiger partial charge in [-0.3, -0.25) is 0 Å². The molecule has 22 heavy (non-hydrogen) atoms. The molecule has 0 atom stereocenters. The van der Waals surface area contributed by atoms with Gasteiger partial charge < -0.3 is 20.4 Å². The maximum absolute atomic E-state index is 9.55. The van der Waals surface area contributed by atoms with E-state index in [4.69, 9.17) is 10.2 Å². The van der Waals surface area contributed by atoms with E-state index in [1.54, 1.807) is 0 Å². The van der Waals surface area contributed by atoms with Crippen molar-refractivity contribution in [3.8, 4) is 0 Å². The molecule has 3 N–H and O–H groups in total. The van der Waals surface area contributed by atoms with Crippen LogP contribution in [-0.4, -0.2) is 53.3 Å². The van der Waals surface area contributed by atoms with Crippen molar-refractivity contribution in [2.75, 3.05) is 31.1 Å². The molecule has 1 aliphatic rings. The summed E-state index contributed by atoms with van der Waals surface area (Å²) in [6.07, 6.45) is 3.02. The Labute approximate surface area is 144 Å². The Morgan fingerprint density at radius 1 is 1.18 bits per heavy atom. The van der Waals surface area contributed by atoms with Crippen molar-refractivity contribution >= 4 is 49.5 Å². The number of halogens is 2. The largest absolute Gasteiger partial charge is 0.478 e. The minimum absolute atomic E-state index is 0.558. The number of anilines is 1. The lowest BCUT2D eigenvalue weighted by Gasteiger charge is -2.29. The number of aromatic nitrogens is 1. The highest BCUT2D eigenvalue weighted by molar-refractivity contribution is 9.13. The predicted octanol–water partition coefficient (Wildman–Crippen LogP) is 1.73. The topological polar surface area (TPSA) is 103 Å². The monoisotopic (exact) mass is 435 g/mol. The summed E-state index contributed by atoms with van der Waals surface area (Å²) in [5.74, 6) is -2.51. The van der Waals surface area contributed by atoms with Crippen molar-refractivity contribution in [2.45, 2.75) is 0 Å². The lowest BCUT2D eigenvalue weighted by molar-refractivity contribution is -0.134. The third kappa shape index (κ3) is 7.01. The number of carboxylic acids is 2. The van der Waals surface area contributed by atoms with Gasteiger partial charge in [-0.05, 0) is 37.9 Å². The van der Waals surface area contributed by atoms with Gasteiger partial charge in [0.05, 0.1) is 16.4 Å². The van der Waals surface area contributed by atoms with Crippen LogP contribution in [0.4, 0.5) is 5.69 Å². The van der Waals surface area contributed by atoms with E-state index >= 15 is 0 Å². The standard InChI is InChI=1S/C9H11Br2N3.C4H4O4/c10-8-5-7(6-13-9(8)11)14-3-1-12-2-4-14;5-3(6)1-2-4(7)8/h5-6,12H,1-4H2;1-2H,(H,5,6)(H,7,8)/b;2-1+. The van der Waals surface area contributed by atoms with Crippen LogP contribution in [0.1, 0.15) is 0 Å². The minimum atomic E-state index is -1.26. The Morgan fingerprint density at radius 2 is 1.73 bits per heavy atom. The third-order valence-electron chi connectivity index (χ3n) is 2.63. The fourth-order valence-corrected chi connectivity index (χ4v) is 2.20. The van der Waals surface area contributed by atoms with Gasteiger partial charge in [-0.25, -0.2) is 14.6 Å².